The van der Waals surface area contributed by atoms with E-state index in [2.05, 4.69) is 15.3 Å². The summed E-state index contributed by atoms with van der Waals surface area (Å²) < 4.78 is 24.0. The molecule has 0 bridgehead atoms. The summed E-state index contributed by atoms with van der Waals surface area (Å²) in [5.41, 5.74) is 0.0463. The van der Waals surface area contributed by atoms with Crippen LogP contribution in [0.3, 0.4) is 0 Å². The Morgan fingerprint density at radius 1 is 1.43 bits per heavy atom. The molecule has 1 unspecified atom stereocenters. The van der Waals surface area contributed by atoms with Gasteiger partial charge in [0.25, 0.3) is 15.9 Å². The number of likely N-dealkylation sites (N-methyl/N-ethyl adjacent to an activating group) is 1. The molecule has 2 N–H and O–H groups in total. The van der Waals surface area contributed by atoms with E-state index >= 15 is 0 Å². The number of hydrogen-bond donors (Lipinski definition) is 2. The smallest absolute Gasteiger partial charge is 0.263 e. The van der Waals surface area contributed by atoms with Crippen LogP contribution in [0.15, 0.2) is 34.3 Å². The Labute approximate surface area is 122 Å². The molecule has 2 rings (SSSR count). The number of nitrogens with one attached hydrogen (secondary N) is 2. The third-order valence-corrected chi connectivity index (χ3v) is 4.16. The minimum absolute atomic E-state index is 0.0463. The molecule has 0 fully saturated rings. The topological polar surface area (TPSA) is 100 Å². The largest absolute Gasteiger partial charge is 0.342 e. The molecule has 1 aromatic rings. The number of carbonyl (C=O) groups excluding carboxylic acids is 1. The molecule has 0 radical (unpaired) electrons. The first kappa shape index (κ1) is 15.4. The molecular formula is C12H16N4O4S. The van der Waals surface area contributed by atoms with E-state index in [4.69, 9.17) is 0 Å². The van der Waals surface area contributed by atoms with Gasteiger partial charge in [-0.15, -0.1) is 0 Å². The second-order valence-corrected chi connectivity index (χ2v) is 6.09. The van der Waals surface area contributed by atoms with Gasteiger partial charge in [0.1, 0.15) is 0 Å². The van der Waals surface area contributed by atoms with Crippen LogP contribution in [0.1, 0.15) is 10.4 Å². The summed E-state index contributed by atoms with van der Waals surface area (Å²) in [5.74, 6) is -0.487. The van der Waals surface area contributed by atoms with Crippen molar-refractivity contribution in [3.8, 4) is 0 Å². The lowest BCUT2D eigenvalue weighted by Crippen LogP contribution is -2.39. The lowest BCUT2D eigenvalue weighted by Gasteiger charge is -2.14. The molecule has 1 aliphatic rings. The van der Waals surface area contributed by atoms with Crippen LogP contribution in [0.4, 0.5) is 0 Å². The normalized spacial score (nSPS) is 18.0. The Hall–Kier alpha value is -1.97. The van der Waals surface area contributed by atoms with E-state index < -0.39 is 15.9 Å². The van der Waals surface area contributed by atoms with Gasteiger partial charge in [-0.2, -0.15) is 5.10 Å². The van der Waals surface area contributed by atoms with Crippen molar-refractivity contribution in [1.82, 2.24) is 15.2 Å². The molecule has 0 saturated carbocycles. The molecule has 9 heteroatoms. The number of sulfonamides is 1. The third-order valence-electron chi connectivity index (χ3n) is 2.84. The summed E-state index contributed by atoms with van der Waals surface area (Å²) in [6.45, 7) is 0.539. The van der Waals surface area contributed by atoms with E-state index in [-0.39, 0.29) is 16.5 Å². The molecule has 0 spiro atoms. The van der Waals surface area contributed by atoms with Crippen LogP contribution in [0.2, 0.25) is 0 Å². The molecule has 21 heavy (non-hydrogen) atoms. The second-order valence-electron chi connectivity index (χ2n) is 4.47. The zero-order valence-corrected chi connectivity index (χ0v) is 12.4. The van der Waals surface area contributed by atoms with Crippen LogP contribution in [0, 0.1) is 0 Å². The summed E-state index contributed by atoms with van der Waals surface area (Å²) in [6.07, 6.45) is 1.60. The van der Waals surface area contributed by atoms with E-state index in [9.17, 15) is 13.2 Å². The first-order valence-corrected chi connectivity index (χ1v) is 7.62. The van der Waals surface area contributed by atoms with Crippen molar-refractivity contribution in [2.24, 2.45) is 5.10 Å². The standard InChI is InChI=1S/C12H16N4O4S/c1-16-8-9(7-13-16)14-12(17)10-5-3-4-6-11(10)21(18,19)15-20-2/h3-7,9,15H,8H2,1-2H3,(H,14,17). The van der Waals surface area contributed by atoms with Crippen LogP contribution in [-0.2, 0) is 14.9 Å². The van der Waals surface area contributed by atoms with Gasteiger partial charge in [0.2, 0.25) is 0 Å². The van der Waals surface area contributed by atoms with Gasteiger partial charge in [-0.3, -0.25) is 14.6 Å². The summed E-state index contributed by atoms with van der Waals surface area (Å²) in [6, 6.07) is 5.65. The molecule has 1 aliphatic heterocycles. The predicted molar refractivity (Wildman–Crippen MR) is 76.1 cm³/mol. The van der Waals surface area contributed by atoms with Gasteiger partial charge in [-0.25, -0.2) is 8.42 Å². The van der Waals surface area contributed by atoms with Gasteiger partial charge in [-0.05, 0) is 12.1 Å². The Balaban J connectivity index is 2.24. The van der Waals surface area contributed by atoms with Crippen LogP contribution < -0.4 is 10.2 Å². The lowest BCUT2D eigenvalue weighted by molar-refractivity contribution is 0.0941. The highest BCUT2D eigenvalue weighted by atomic mass is 32.2. The molecule has 0 aromatic heterocycles. The van der Waals surface area contributed by atoms with Gasteiger partial charge < -0.3 is 5.32 Å². The molecule has 1 amide bonds. The number of amides is 1. The molecule has 114 valence electrons. The van der Waals surface area contributed by atoms with Gasteiger partial charge >= 0.3 is 0 Å². The molecule has 1 heterocycles. The fraction of sp³-hybridized carbons (Fsp3) is 0.333. The van der Waals surface area contributed by atoms with Crippen molar-refractivity contribution in [3.63, 3.8) is 0 Å². The SMILES string of the molecule is CONS(=O)(=O)c1ccccc1C(=O)NC1C=NN(C)C1. The highest BCUT2D eigenvalue weighted by Gasteiger charge is 2.24. The maximum atomic E-state index is 12.3. The summed E-state index contributed by atoms with van der Waals surface area (Å²) in [7, 11) is -0.941. The predicted octanol–water partition coefficient (Wildman–Crippen LogP) is -0.444. The molecule has 1 aromatic carbocycles. The van der Waals surface area contributed by atoms with Gasteiger partial charge in [0.15, 0.2) is 0 Å². The van der Waals surface area contributed by atoms with Gasteiger partial charge in [0, 0.05) is 13.3 Å². The van der Waals surface area contributed by atoms with Gasteiger partial charge in [-0.1, -0.05) is 17.0 Å². The number of rotatable bonds is 5. The van der Waals surface area contributed by atoms with E-state index in [1.165, 1.54) is 25.3 Å². The average Bonchev–Trinajstić information content (AvgIpc) is 2.84. The maximum absolute atomic E-state index is 12.3. The van der Waals surface area contributed by atoms with E-state index in [1.807, 2.05) is 4.89 Å². The fourth-order valence-corrected chi connectivity index (χ4v) is 2.96. The third kappa shape index (κ3) is 3.57. The van der Waals surface area contributed by atoms with Crippen molar-refractivity contribution in [3.05, 3.63) is 29.8 Å². The Kier molecular flexibility index (Phi) is 4.56. The first-order valence-electron chi connectivity index (χ1n) is 6.14. The quantitative estimate of drug-likeness (QED) is 0.718. The zero-order valence-electron chi connectivity index (χ0n) is 11.6. The number of nitrogens with zero attached hydrogens (tertiary/aromatic N) is 2. The molecular weight excluding hydrogens is 296 g/mol. The van der Waals surface area contributed by atoms with Crippen molar-refractivity contribution in [2.75, 3.05) is 20.7 Å². The van der Waals surface area contributed by atoms with E-state index in [1.54, 1.807) is 24.3 Å². The summed E-state index contributed by atoms with van der Waals surface area (Å²) >= 11 is 0. The van der Waals surface area contributed by atoms with Crippen LogP contribution >= 0.6 is 0 Å². The van der Waals surface area contributed by atoms with Crippen LogP contribution in [-0.4, -0.2) is 52.3 Å². The highest BCUT2D eigenvalue weighted by Crippen LogP contribution is 2.15. The van der Waals surface area contributed by atoms with Crippen LogP contribution in [0.5, 0.6) is 0 Å². The lowest BCUT2D eigenvalue weighted by atomic mass is 10.2. The maximum Gasteiger partial charge on any atom is 0.263 e. The minimum atomic E-state index is -3.91. The number of carbonyl (C=O) groups is 1. The van der Waals surface area contributed by atoms with E-state index in [0.717, 1.165) is 0 Å². The average molecular weight is 312 g/mol. The van der Waals surface area contributed by atoms with Crippen molar-refractivity contribution >= 4 is 22.1 Å². The number of benzene rings is 1. The Morgan fingerprint density at radius 3 is 2.76 bits per heavy atom. The number of hydrogen-bond acceptors (Lipinski definition) is 6. The second kappa shape index (κ2) is 6.20. The van der Waals surface area contributed by atoms with Crippen LogP contribution in [0.25, 0.3) is 0 Å². The van der Waals surface area contributed by atoms with Crippen molar-refractivity contribution in [1.29, 1.82) is 0 Å². The molecule has 1 atom stereocenters. The van der Waals surface area contributed by atoms with Crippen molar-refractivity contribution < 1.29 is 18.0 Å². The van der Waals surface area contributed by atoms with E-state index in [0.29, 0.717) is 6.54 Å². The monoisotopic (exact) mass is 312 g/mol. The Morgan fingerprint density at radius 2 is 2.14 bits per heavy atom. The number of hydrazone groups is 1. The molecule has 0 aliphatic carbocycles. The fourth-order valence-electron chi connectivity index (χ4n) is 1.95. The Bertz CT molecular complexity index is 659. The molecule has 8 nitrogen and oxygen atoms in total. The highest BCUT2D eigenvalue weighted by molar-refractivity contribution is 7.89. The molecule has 0 saturated heterocycles. The minimum Gasteiger partial charge on any atom is -0.342 e. The summed E-state index contributed by atoms with van der Waals surface area (Å²) in [5, 5.41) is 8.41. The first-order chi connectivity index (χ1) is 9.94. The van der Waals surface area contributed by atoms with Gasteiger partial charge in [0.05, 0.1) is 30.2 Å². The zero-order chi connectivity index (χ0) is 15.5. The van der Waals surface area contributed by atoms with Crippen molar-refractivity contribution in [2.45, 2.75) is 10.9 Å². The summed E-state index contributed by atoms with van der Waals surface area (Å²) in [4.78, 5) is 18.4.